The maximum absolute atomic E-state index is 12.1. The second-order valence-corrected chi connectivity index (χ2v) is 5.33. The van der Waals surface area contributed by atoms with Crippen molar-refractivity contribution in [2.75, 3.05) is 39.8 Å². The van der Waals surface area contributed by atoms with Gasteiger partial charge in [0, 0.05) is 32.7 Å². The van der Waals surface area contributed by atoms with Gasteiger partial charge in [-0.1, -0.05) is 12.1 Å². The van der Waals surface area contributed by atoms with Crippen molar-refractivity contribution in [2.24, 2.45) is 0 Å². The van der Waals surface area contributed by atoms with E-state index in [0.29, 0.717) is 13.1 Å². The third-order valence-corrected chi connectivity index (χ3v) is 3.48. The Kier molecular flexibility index (Phi) is 8.22. The van der Waals surface area contributed by atoms with Gasteiger partial charge in [0.1, 0.15) is 5.75 Å². The first-order chi connectivity index (χ1) is 10.5. The van der Waals surface area contributed by atoms with E-state index in [1.807, 2.05) is 16.8 Å². The van der Waals surface area contributed by atoms with E-state index in [1.54, 1.807) is 12.1 Å². The molecule has 5 nitrogen and oxygen atoms in total. The van der Waals surface area contributed by atoms with E-state index in [9.17, 15) is 13.6 Å². The van der Waals surface area contributed by atoms with Crippen LogP contribution in [0.25, 0.3) is 0 Å². The van der Waals surface area contributed by atoms with Crippen LogP contribution in [0.15, 0.2) is 24.3 Å². The highest BCUT2D eigenvalue weighted by molar-refractivity contribution is 5.85. The fourth-order valence-corrected chi connectivity index (χ4v) is 2.39. The third-order valence-electron chi connectivity index (χ3n) is 3.48. The van der Waals surface area contributed by atoms with Crippen LogP contribution in [0.5, 0.6) is 5.75 Å². The number of carbonyl (C=O) groups excluding carboxylic acids is 1. The Balaban J connectivity index is 0.00000264. The van der Waals surface area contributed by atoms with Crippen LogP contribution in [0.4, 0.5) is 8.78 Å². The van der Waals surface area contributed by atoms with E-state index in [0.717, 1.165) is 31.7 Å². The molecule has 1 aliphatic heterocycles. The highest BCUT2D eigenvalue weighted by Gasteiger charge is 2.17. The lowest BCUT2D eigenvalue weighted by Crippen LogP contribution is -2.49. The van der Waals surface area contributed by atoms with Gasteiger partial charge in [0.25, 0.3) is 0 Å². The van der Waals surface area contributed by atoms with E-state index in [2.05, 4.69) is 10.1 Å². The Labute approximate surface area is 141 Å². The predicted octanol–water partition coefficient (Wildman–Crippen LogP) is 1.57. The van der Waals surface area contributed by atoms with Crippen molar-refractivity contribution in [3.8, 4) is 5.75 Å². The molecular weight excluding hydrogens is 328 g/mol. The van der Waals surface area contributed by atoms with Crippen molar-refractivity contribution in [1.29, 1.82) is 0 Å². The van der Waals surface area contributed by atoms with Gasteiger partial charge >= 0.3 is 6.61 Å². The van der Waals surface area contributed by atoms with Crippen molar-refractivity contribution in [1.82, 2.24) is 15.1 Å². The van der Waals surface area contributed by atoms with Gasteiger partial charge in [0.2, 0.25) is 5.91 Å². The summed E-state index contributed by atoms with van der Waals surface area (Å²) in [5.41, 5.74) is 0.942. The summed E-state index contributed by atoms with van der Waals surface area (Å²) in [4.78, 5) is 15.9. The number of alkyl halides is 2. The molecule has 23 heavy (non-hydrogen) atoms. The molecule has 0 spiro atoms. The zero-order chi connectivity index (χ0) is 15.9. The van der Waals surface area contributed by atoms with E-state index >= 15 is 0 Å². The number of likely N-dealkylation sites (N-methyl/N-ethyl adjacent to an activating group) is 1. The second-order valence-electron chi connectivity index (χ2n) is 5.33. The number of ether oxygens (including phenoxy) is 1. The van der Waals surface area contributed by atoms with Crippen LogP contribution < -0.4 is 10.1 Å². The van der Waals surface area contributed by atoms with E-state index in [1.165, 1.54) is 12.1 Å². The molecule has 0 bridgehead atoms. The monoisotopic (exact) mass is 349 g/mol. The first-order valence-electron chi connectivity index (χ1n) is 7.25. The highest BCUT2D eigenvalue weighted by atomic mass is 35.5. The van der Waals surface area contributed by atoms with Gasteiger partial charge in [0.05, 0.1) is 6.54 Å². The van der Waals surface area contributed by atoms with Crippen LogP contribution in [0.3, 0.4) is 0 Å². The minimum atomic E-state index is -2.81. The Morgan fingerprint density at radius 3 is 2.48 bits per heavy atom. The summed E-state index contributed by atoms with van der Waals surface area (Å²) in [5.74, 6) is 0.250. The molecule has 1 fully saturated rings. The lowest BCUT2D eigenvalue weighted by Gasteiger charge is -2.29. The molecule has 1 aromatic carbocycles. The fraction of sp³-hybridized carbons (Fsp3) is 0.533. The molecule has 0 radical (unpaired) electrons. The maximum Gasteiger partial charge on any atom is 0.387 e. The van der Waals surface area contributed by atoms with E-state index in [-0.39, 0.29) is 24.1 Å². The van der Waals surface area contributed by atoms with Crippen LogP contribution in [0.1, 0.15) is 5.56 Å². The number of rotatable bonds is 6. The zero-order valence-electron chi connectivity index (χ0n) is 13.0. The van der Waals surface area contributed by atoms with Crippen molar-refractivity contribution >= 4 is 18.3 Å². The summed E-state index contributed by atoms with van der Waals surface area (Å²) >= 11 is 0. The first-order valence-corrected chi connectivity index (χ1v) is 7.25. The summed E-state index contributed by atoms with van der Waals surface area (Å²) in [5, 5.41) is 3.21. The van der Waals surface area contributed by atoms with Crippen LogP contribution in [-0.4, -0.2) is 62.1 Å². The molecule has 2 rings (SSSR count). The Morgan fingerprint density at radius 2 is 1.91 bits per heavy atom. The highest BCUT2D eigenvalue weighted by Crippen LogP contribution is 2.15. The molecule has 0 atom stereocenters. The molecule has 1 aliphatic rings. The summed E-state index contributed by atoms with van der Waals surface area (Å²) in [6, 6.07) is 6.47. The van der Waals surface area contributed by atoms with E-state index < -0.39 is 6.61 Å². The summed E-state index contributed by atoms with van der Waals surface area (Å²) in [6.45, 7) is 1.26. The van der Waals surface area contributed by atoms with Crippen LogP contribution in [0.2, 0.25) is 0 Å². The number of nitrogens with one attached hydrogen (secondary N) is 1. The lowest BCUT2D eigenvalue weighted by atomic mass is 10.2. The number of benzene rings is 1. The summed E-state index contributed by atoms with van der Waals surface area (Å²) < 4.78 is 28.5. The molecule has 0 aliphatic carbocycles. The maximum atomic E-state index is 12.1. The van der Waals surface area contributed by atoms with Gasteiger partial charge in [-0.2, -0.15) is 8.78 Å². The molecule has 0 aromatic heterocycles. The minimum Gasteiger partial charge on any atom is -0.435 e. The van der Waals surface area contributed by atoms with Crippen molar-refractivity contribution in [3.05, 3.63) is 29.8 Å². The normalized spacial score (nSPS) is 14.7. The van der Waals surface area contributed by atoms with Gasteiger partial charge in [-0.15, -0.1) is 12.4 Å². The molecule has 1 amide bonds. The minimum absolute atomic E-state index is 0. The second kappa shape index (κ2) is 9.64. The van der Waals surface area contributed by atoms with Gasteiger partial charge in [0.15, 0.2) is 0 Å². The quantitative estimate of drug-likeness (QED) is 0.847. The molecule has 0 unspecified atom stereocenters. The number of piperazine rings is 1. The van der Waals surface area contributed by atoms with Crippen molar-refractivity contribution < 1.29 is 18.3 Å². The number of hydrogen-bond acceptors (Lipinski definition) is 4. The standard InChI is InChI=1S/C15H21F2N3O2.ClH/c1-19(11-14(21)20-8-6-18-7-9-20)10-12-2-4-13(5-3-12)22-15(16)17;/h2-5,15,18H,6-11H2,1H3;1H. The smallest absolute Gasteiger partial charge is 0.387 e. The predicted molar refractivity (Wildman–Crippen MR) is 86.1 cm³/mol. The van der Waals surface area contributed by atoms with Crippen LogP contribution in [0, 0.1) is 0 Å². The van der Waals surface area contributed by atoms with E-state index in [4.69, 9.17) is 0 Å². The Hall–Kier alpha value is -1.44. The number of nitrogens with zero attached hydrogens (tertiary/aromatic N) is 2. The van der Waals surface area contributed by atoms with Crippen molar-refractivity contribution in [3.63, 3.8) is 0 Å². The van der Waals surface area contributed by atoms with Crippen molar-refractivity contribution in [2.45, 2.75) is 13.2 Å². The average Bonchev–Trinajstić information content (AvgIpc) is 2.49. The molecule has 0 saturated carbocycles. The van der Waals surface area contributed by atoms with Gasteiger partial charge in [-0.05, 0) is 24.7 Å². The number of amides is 1. The summed E-state index contributed by atoms with van der Waals surface area (Å²) in [7, 11) is 1.86. The average molecular weight is 350 g/mol. The molecule has 1 heterocycles. The summed E-state index contributed by atoms with van der Waals surface area (Å²) in [6.07, 6.45) is 0. The zero-order valence-corrected chi connectivity index (χ0v) is 13.8. The van der Waals surface area contributed by atoms with Crippen LogP contribution >= 0.6 is 12.4 Å². The number of hydrogen-bond donors (Lipinski definition) is 1. The molecular formula is C15H22ClF2N3O2. The van der Waals surface area contributed by atoms with Gasteiger partial charge < -0.3 is 15.0 Å². The fourth-order valence-electron chi connectivity index (χ4n) is 2.39. The first kappa shape index (κ1) is 19.6. The number of carbonyl (C=O) groups is 1. The lowest BCUT2D eigenvalue weighted by molar-refractivity contribution is -0.132. The molecule has 1 aromatic rings. The van der Waals surface area contributed by atoms with Gasteiger partial charge in [-0.25, -0.2) is 0 Å². The largest absolute Gasteiger partial charge is 0.435 e. The molecule has 130 valence electrons. The van der Waals surface area contributed by atoms with Crippen LogP contribution in [-0.2, 0) is 11.3 Å². The van der Waals surface area contributed by atoms with Gasteiger partial charge in [-0.3, -0.25) is 9.69 Å². The molecule has 1 saturated heterocycles. The molecule has 8 heteroatoms. The Morgan fingerprint density at radius 1 is 1.30 bits per heavy atom. The Bertz CT molecular complexity index is 482. The number of halogens is 3. The topological polar surface area (TPSA) is 44.8 Å². The third kappa shape index (κ3) is 6.68. The SMILES string of the molecule is CN(CC(=O)N1CCNCC1)Cc1ccc(OC(F)F)cc1.Cl. The molecule has 1 N–H and O–H groups in total.